The highest BCUT2D eigenvalue weighted by molar-refractivity contribution is 5.87. The summed E-state index contributed by atoms with van der Waals surface area (Å²) >= 11 is 0. The van der Waals surface area contributed by atoms with Gasteiger partial charge in [0.25, 0.3) is 0 Å². The van der Waals surface area contributed by atoms with Crippen LogP contribution >= 0.6 is 0 Å². The van der Waals surface area contributed by atoms with E-state index in [1.165, 1.54) is 0 Å². The molecule has 174 valence electrons. The fourth-order valence-electron chi connectivity index (χ4n) is 4.39. The third-order valence-electron chi connectivity index (χ3n) is 6.43. The van der Waals surface area contributed by atoms with Crippen molar-refractivity contribution in [1.82, 2.24) is 24.6 Å². The van der Waals surface area contributed by atoms with Gasteiger partial charge in [-0.2, -0.15) is 5.10 Å². The van der Waals surface area contributed by atoms with Crippen LogP contribution in [0.1, 0.15) is 37.4 Å². The molecule has 8 nitrogen and oxygen atoms in total. The van der Waals surface area contributed by atoms with E-state index in [1.807, 2.05) is 87.6 Å². The molecule has 0 bridgehead atoms. The standard InChI is InChI=1S/C25H32N6O2/c1-25(2,19-7-9-20(33-6)10-8-19)23(32)31-12-11-17(16-31)22-21(18-13-27-30(5)15-18)14-26-24(28-22)29(3)4/h7-10,13-15,17H,11-12,16H2,1-6H3. The van der Waals surface area contributed by atoms with Crippen LogP contribution in [0.4, 0.5) is 5.95 Å². The molecule has 33 heavy (non-hydrogen) atoms. The summed E-state index contributed by atoms with van der Waals surface area (Å²) in [7, 11) is 7.41. The molecule has 1 unspecified atom stereocenters. The van der Waals surface area contributed by atoms with Crippen LogP contribution in [0.3, 0.4) is 0 Å². The third kappa shape index (κ3) is 4.42. The smallest absolute Gasteiger partial charge is 0.232 e. The van der Waals surface area contributed by atoms with Crippen LogP contribution in [0, 0.1) is 0 Å². The quantitative estimate of drug-likeness (QED) is 0.576. The predicted octanol–water partition coefficient (Wildman–Crippen LogP) is 3.25. The van der Waals surface area contributed by atoms with Crippen LogP contribution in [0.25, 0.3) is 11.1 Å². The lowest BCUT2D eigenvalue weighted by molar-refractivity contribution is -0.135. The normalized spacial score (nSPS) is 16.2. The fraction of sp³-hybridized carbons (Fsp3) is 0.440. The SMILES string of the molecule is COc1ccc(C(C)(C)C(=O)N2CCC(c3nc(N(C)C)ncc3-c3cnn(C)c3)C2)cc1. The maximum Gasteiger partial charge on any atom is 0.232 e. The largest absolute Gasteiger partial charge is 0.497 e. The number of aryl methyl sites for hydroxylation is 1. The number of methoxy groups -OCH3 is 1. The lowest BCUT2D eigenvalue weighted by atomic mass is 9.83. The first-order valence-corrected chi connectivity index (χ1v) is 11.2. The first kappa shape index (κ1) is 22.8. The Labute approximate surface area is 195 Å². The minimum absolute atomic E-state index is 0.125. The average molecular weight is 449 g/mol. The summed E-state index contributed by atoms with van der Waals surface area (Å²) in [5, 5.41) is 4.32. The highest BCUT2D eigenvalue weighted by atomic mass is 16.5. The molecule has 8 heteroatoms. The molecule has 2 aromatic heterocycles. The highest BCUT2D eigenvalue weighted by Crippen LogP contribution is 2.36. The number of anilines is 1. The number of amides is 1. The minimum atomic E-state index is -0.631. The minimum Gasteiger partial charge on any atom is -0.497 e. The topological polar surface area (TPSA) is 76.4 Å². The second kappa shape index (κ2) is 8.84. The van der Waals surface area contributed by atoms with Crippen LogP contribution in [0.2, 0.25) is 0 Å². The second-order valence-corrected chi connectivity index (χ2v) is 9.36. The number of hydrogen-bond acceptors (Lipinski definition) is 6. The Hall–Kier alpha value is -3.42. The van der Waals surface area contributed by atoms with Crippen molar-refractivity contribution in [2.75, 3.05) is 39.2 Å². The van der Waals surface area contributed by atoms with Gasteiger partial charge in [0.2, 0.25) is 11.9 Å². The van der Waals surface area contributed by atoms with Gasteiger partial charge < -0.3 is 14.5 Å². The number of benzene rings is 1. The first-order valence-electron chi connectivity index (χ1n) is 11.2. The van der Waals surface area contributed by atoms with Crippen LogP contribution < -0.4 is 9.64 Å². The molecule has 1 saturated heterocycles. The average Bonchev–Trinajstić information content (AvgIpc) is 3.47. The summed E-state index contributed by atoms with van der Waals surface area (Å²) < 4.78 is 7.04. The molecule has 0 saturated carbocycles. The van der Waals surface area contributed by atoms with Gasteiger partial charge in [-0.3, -0.25) is 9.48 Å². The van der Waals surface area contributed by atoms with Gasteiger partial charge in [0, 0.05) is 63.7 Å². The van der Waals surface area contributed by atoms with Gasteiger partial charge in [-0.1, -0.05) is 12.1 Å². The molecule has 0 N–H and O–H groups in total. The maximum atomic E-state index is 13.6. The maximum absolute atomic E-state index is 13.6. The van der Waals surface area contributed by atoms with E-state index in [2.05, 4.69) is 10.1 Å². The lowest BCUT2D eigenvalue weighted by Crippen LogP contribution is -2.42. The molecule has 3 heterocycles. The predicted molar refractivity (Wildman–Crippen MR) is 129 cm³/mol. The zero-order valence-corrected chi connectivity index (χ0v) is 20.2. The molecule has 0 aliphatic carbocycles. The van der Waals surface area contributed by atoms with Crippen LogP contribution in [-0.2, 0) is 17.3 Å². The molecule has 1 atom stereocenters. The Bertz CT molecular complexity index is 1140. The number of nitrogens with zero attached hydrogens (tertiary/aromatic N) is 6. The van der Waals surface area contributed by atoms with E-state index in [-0.39, 0.29) is 11.8 Å². The molecular weight excluding hydrogens is 416 g/mol. The molecule has 0 radical (unpaired) electrons. The Kier molecular flexibility index (Phi) is 6.10. The van der Waals surface area contributed by atoms with Crippen molar-refractivity contribution in [3.63, 3.8) is 0 Å². The summed E-state index contributed by atoms with van der Waals surface area (Å²) in [5.74, 6) is 1.71. The number of likely N-dealkylation sites (tertiary alicyclic amines) is 1. The van der Waals surface area contributed by atoms with Gasteiger partial charge in [0.15, 0.2) is 0 Å². The van der Waals surface area contributed by atoms with E-state index in [0.29, 0.717) is 19.0 Å². The summed E-state index contributed by atoms with van der Waals surface area (Å²) in [6.07, 6.45) is 6.55. The van der Waals surface area contributed by atoms with Gasteiger partial charge in [-0.25, -0.2) is 9.97 Å². The summed E-state index contributed by atoms with van der Waals surface area (Å²) in [5.41, 5.74) is 3.28. The van der Waals surface area contributed by atoms with Crippen molar-refractivity contribution in [1.29, 1.82) is 0 Å². The van der Waals surface area contributed by atoms with E-state index >= 15 is 0 Å². The summed E-state index contributed by atoms with van der Waals surface area (Å²) in [6, 6.07) is 7.75. The van der Waals surface area contributed by atoms with Gasteiger partial charge in [0.05, 0.1) is 24.4 Å². The molecule has 3 aromatic rings. The van der Waals surface area contributed by atoms with Crippen molar-refractivity contribution in [3.05, 3.63) is 54.1 Å². The van der Waals surface area contributed by atoms with E-state index in [4.69, 9.17) is 9.72 Å². The van der Waals surface area contributed by atoms with E-state index in [1.54, 1.807) is 11.8 Å². The van der Waals surface area contributed by atoms with Crippen LogP contribution in [-0.4, -0.2) is 64.9 Å². The number of hydrogen-bond donors (Lipinski definition) is 0. The Morgan fingerprint density at radius 1 is 1.18 bits per heavy atom. The number of carbonyl (C=O) groups excluding carboxylic acids is 1. The highest BCUT2D eigenvalue weighted by Gasteiger charge is 2.38. The van der Waals surface area contributed by atoms with Crippen molar-refractivity contribution in [3.8, 4) is 16.9 Å². The van der Waals surface area contributed by atoms with Crippen molar-refractivity contribution < 1.29 is 9.53 Å². The van der Waals surface area contributed by atoms with Crippen molar-refractivity contribution >= 4 is 11.9 Å². The Morgan fingerprint density at radius 2 is 1.91 bits per heavy atom. The van der Waals surface area contributed by atoms with E-state index < -0.39 is 5.41 Å². The van der Waals surface area contributed by atoms with Gasteiger partial charge in [0.1, 0.15) is 5.75 Å². The molecule has 1 amide bonds. The molecular formula is C25H32N6O2. The molecule has 1 aliphatic rings. The third-order valence-corrected chi connectivity index (χ3v) is 6.43. The zero-order chi connectivity index (χ0) is 23.8. The molecule has 1 aliphatic heterocycles. The lowest BCUT2D eigenvalue weighted by Gasteiger charge is -2.30. The first-order chi connectivity index (χ1) is 15.7. The van der Waals surface area contributed by atoms with Crippen molar-refractivity contribution in [2.45, 2.75) is 31.6 Å². The molecule has 4 rings (SSSR count). The summed E-state index contributed by atoms with van der Waals surface area (Å²) in [6.45, 7) is 5.31. The monoisotopic (exact) mass is 448 g/mol. The Morgan fingerprint density at radius 3 is 2.52 bits per heavy atom. The molecule has 1 aromatic carbocycles. The number of carbonyl (C=O) groups is 1. The van der Waals surface area contributed by atoms with E-state index in [0.717, 1.165) is 34.6 Å². The fourth-order valence-corrected chi connectivity index (χ4v) is 4.39. The molecule has 0 spiro atoms. The van der Waals surface area contributed by atoms with Crippen LogP contribution in [0.5, 0.6) is 5.75 Å². The van der Waals surface area contributed by atoms with Gasteiger partial charge in [-0.05, 0) is 38.0 Å². The number of aromatic nitrogens is 4. The van der Waals surface area contributed by atoms with Crippen LogP contribution in [0.15, 0.2) is 42.9 Å². The second-order valence-electron chi connectivity index (χ2n) is 9.36. The molecule has 1 fully saturated rings. The summed E-state index contributed by atoms with van der Waals surface area (Å²) in [4.78, 5) is 26.9. The zero-order valence-electron chi connectivity index (χ0n) is 20.2. The number of rotatable bonds is 6. The number of ether oxygens (including phenoxy) is 1. The Balaban J connectivity index is 1.60. The van der Waals surface area contributed by atoms with E-state index in [9.17, 15) is 4.79 Å². The van der Waals surface area contributed by atoms with Crippen molar-refractivity contribution in [2.24, 2.45) is 7.05 Å². The van der Waals surface area contributed by atoms with Gasteiger partial charge >= 0.3 is 0 Å². The van der Waals surface area contributed by atoms with Gasteiger partial charge in [-0.15, -0.1) is 0 Å².